The van der Waals surface area contributed by atoms with Crippen molar-refractivity contribution in [3.05, 3.63) is 52.7 Å². The molecule has 2 N–H and O–H groups in total. The molecule has 5 rings (SSSR count). The highest BCUT2D eigenvalue weighted by Crippen LogP contribution is 2.34. The number of rotatable bonds is 8. The molecule has 1 atom stereocenters. The van der Waals surface area contributed by atoms with Crippen LogP contribution in [0, 0.1) is 0 Å². The maximum Gasteiger partial charge on any atom is 0.320 e. The Morgan fingerprint density at radius 1 is 1.18 bits per heavy atom. The van der Waals surface area contributed by atoms with E-state index in [2.05, 4.69) is 17.4 Å². The molecule has 8 nitrogen and oxygen atoms in total. The van der Waals surface area contributed by atoms with Crippen LogP contribution in [0.1, 0.15) is 47.7 Å². The summed E-state index contributed by atoms with van der Waals surface area (Å²) in [5.74, 6) is 0.884. The van der Waals surface area contributed by atoms with Crippen molar-refractivity contribution in [2.24, 2.45) is 0 Å². The van der Waals surface area contributed by atoms with Gasteiger partial charge in [0.2, 0.25) is 0 Å². The van der Waals surface area contributed by atoms with Crippen molar-refractivity contribution in [1.82, 2.24) is 14.8 Å². The van der Waals surface area contributed by atoms with Gasteiger partial charge in [0.05, 0.1) is 19.1 Å². The Morgan fingerprint density at radius 3 is 2.94 bits per heavy atom. The van der Waals surface area contributed by atoms with Crippen LogP contribution in [0.4, 0.5) is 10.6 Å². The molecule has 3 aliphatic rings. The molecule has 0 aliphatic carbocycles. The average molecular weight is 451 g/mol. The Morgan fingerprint density at radius 2 is 2.06 bits per heavy atom. The topological polar surface area (TPSA) is 95.0 Å². The zero-order valence-electron chi connectivity index (χ0n) is 18.8. The second-order valence-corrected chi connectivity index (χ2v) is 8.99. The first-order chi connectivity index (χ1) is 16.1. The second kappa shape index (κ2) is 9.29. The summed E-state index contributed by atoms with van der Waals surface area (Å²) in [5.41, 5.74) is 4.26. The van der Waals surface area contributed by atoms with E-state index in [4.69, 9.17) is 9.72 Å². The van der Waals surface area contributed by atoms with Gasteiger partial charge in [0.25, 0.3) is 0 Å². The molecule has 0 spiro atoms. The van der Waals surface area contributed by atoms with Gasteiger partial charge in [-0.05, 0) is 54.5 Å². The second-order valence-electron chi connectivity index (χ2n) is 8.99. The third-order valence-electron chi connectivity index (χ3n) is 6.79. The lowest BCUT2D eigenvalue weighted by Gasteiger charge is -2.27. The van der Waals surface area contributed by atoms with Gasteiger partial charge < -0.3 is 25.0 Å². The number of carboxylic acids is 1. The van der Waals surface area contributed by atoms with Crippen molar-refractivity contribution in [3.8, 4) is 5.75 Å². The summed E-state index contributed by atoms with van der Waals surface area (Å²) in [6.45, 7) is 3.38. The van der Waals surface area contributed by atoms with Gasteiger partial charge in [-0.15, -0.1) is 0 Å². The van der Waals surface area contributed by atoms with Crippen LogP contribution < -0.4 is 10.1 Å². The predicted molar refractivity (Wildman–Crippen MR) is 124 cm³/mol. The maximum absolute atomic E-state index is 13.2. The van der Waals surface area contributed by atoms with Crippen LogP contribution in [-0.4, -0.2) is 64.7 Å². The van der Waals surface area contributed by atoms with Crippen LogP contribution in [0.25, 0.3) is 0 Å². The highest BCUT2D eigenvalue weighted by Gasteiger charge is 2.35. The van der Waals surface area contributed by atoms with Crippen LogP contribution in [0.3, 0.4) is 0 Å². The average Bonchev–Trinajstić information content (AvgIpc) is 3.43. The first-order valence-corrected chi connectivity index (χ1v) is 11.8. The summed E-state index contributed by atoms with van der Waals surface area (Å²) in [6, 6.07) is 9.48. The van der Waals surface area contributed by atoms with Crippen LogP contribution in [0.2, 0.25) is 0 Å². The van der Waals surface area contributed by atoms with Gasteiger partial charge in [0.15, 0.2) is 0 Å². The fourth-order valence-electron chi connectivity index (χ4n) is 5.02. The minimum Gasteiger partial charge on any atom is -0.493 e. The highest BCUT2D eigenvalue weighted by atomic mass is 16.5. The Labute approximate surface area is 193 Å². The van der Waals surface area contributed by atoms with E-state index < -0.39 is 12.0 Å². The van der Waals surface area contributed by atoms with E-state index in [-0.39, 0.29) is 12.5 Å². The number of carbonyl (C=O) groups is 2. The molecule has 0 unspecified atom stereocenters. The molecule has 8 heteroatoms. The van der Waals surface area contributed by atoms with Crippen molar-refractivity contribution < 1.29 is 19.4 Å². The standard InChI is InChI=1S/C25H30N4O4/c30-23(31)16-21(19-6-5-17-9-14-33-22(17)15-19)29-13-12-28(25(29)32)11-2-4-20-8-7-18-3-1-10-26-24(18)27-20/h5-8,15,21H,1-4,9-14,16H2,(H,26,27)(H,30,31)/t21-/m1/s1. The Hall–Kier alpha value is -3.29. The lowest BCUT2D eigenvalue weighted by Crippen LogP contribution is -2.36. The largest absolute Gasteiger partial charge is 0.493 e. The highest BCUT2D eigenvalue weighted by molar-refractivity contribution is 5.78. The number of carbonyl (C=O) groups excluding carboxylic acids is 1. The van der Waals surface area contributed by atoms with E-state index >= 15 is 0 Å². The van der Waals surface area contributed by atoms with Crippen LogP contribution in [0.15, 0.2) is 30.3 Å². The lowest BCUT2D eigenvalue weighted by atomic mass is 10.00. The number of nitrogens with one attached hydrogen (secondary N) is 1. The van der Waals surface area contributed by atoms with E-state index in [1.165, 1.54) is 5.56 Å². The smallest absolute Gasteiger partial charge is 0.320 e. The number of pyridine rings is 1. The van der Waals surface area contributed by atoms with Crippen molar-refractivity contribution in [2.45, 2.75) is 44.6 Å². The zero-order chi connectivity index (χ0) is 22.8. The number of amides is 2. The lowest BCUT2D eigenvalue weighted by molar-refractivity contribution is -0.138. The SMILES string of the molecule is O=C(O)C[C@H](c1ccc2c(c1)OCC2)N1CCN(CCCc2ccc3c(n2)NCCC3)C1=O. The number of aromatic nitrogens is 1. The fourth-order valence-corrected chi connectivity index (χ4v) is 5.02. The minimum atomic E-state index is -0.917. The number of hydrogen-bond donors (Lipinski definition) is 2. The normalized spacial score (nSPS) is 17.9. The molecule has 0 bridgehead atoms. The molecule has 174 valence electrons. The third kappa shape index (κ3) is 4.60. The van der Waals surface area contributed by atoms with Gasteiger partial charge in [-0.25, -0.2) is 9.78 Å². The number of ether oxygens (including phenoxy) is 1. The van der Waals surface area contributed by atoms with Crippen molar-refractivity contribution in [1.29, 1.82) is 0 Å². The summed E-state index contributed by atoms with van der Waals surface area (Å²) >= 11 is 0. The monoisotopic (exact) mass is 450 g/mol. The predicted octanol–water partition coefficient (Wildman–Crippen LogP) is 3.26. The van der Waals surface area contributed by atoms with Gasteiger partial charge in [-0.3, -0.25) is 4.79 Å². The molecule has 1 saturated heterocycles. The van der Waals surface area contributed by atoms with E-state index in [0.717, 1.165) is 67.0 Å². The third-order valence-corrected chi connectivity index (χ3v) is 6.79. The van der Waals surface area contributed by atoms with Gasteiger partial charge in [-0.2, -0.15) is 0 Å². The number of urea groups is 1. The summed E-state index contributed by atoms with van der Waals surface area (Å²) in [4.78, 5) is 33.0. The molecule has 0 saturated carbocycles. The van der Waals surface area contributed by atoms with Crippen molar-refractivity contribution in [3.63, 3.8) is 0 Å². The number of aliphatic carboxylic acids is 1. The zero-order valence-corrected chi connectivity index (χ0v) is 18.8. The van der Waals surface area contributed by atoms with Crippen LogP contribution in [-0.2, 0) is 24.1 Å². The molecule has 0 radical (unpaired) electrons. The molecule has 33 heavy (non-hydrogen) atoms. The number of fused-ring (bicyclic) bond motifs is 2. The summed E-state index contributed by atoms with van der Waals surface area (Å²) in [7, 11) is 0. The Bertz CT molecular complexity index is 1060. The van der Waals surface area contributed by atoms with Crippen molar-refractivity contribution in [2.75, 3.05) is 38.1 Å². The first-order valence-electron chi connectivity index (χ1n) is 11.8. The molecular formula is C25H30N4O4. The molecule has 1 aromatic carbocycles. The molecule has 1 fully saturated rings. The van der Waals surface area contributed by atoms with Gasteiger partial charge in [-0.1, -0.05) is 18.2 Å². The van der Waals surface area contributed by atoms with Gasteiger partial charge >= 0.3 is 12.0 Å². The number of hydrogen-bond acceptors (Lipinski definition) is 5. The number of aryl methyl sites for hydroxylation is 2. The van der Waals surface area contributed by atoms with Crippen LogP contribution in [0.5, 0.6) is 5.75 Å². The van der Waals surface area contributed by atoms with E-state index in [1.807, 2.05) is 23.1 Å². The number of nitrogens with zero attached hydrogens (tertiary/aromatic N) is 3. The number of carboxylic acid groups (broad SMARTS) is 1. The van der Waals surface area contributed by atoms with Gasteiger partial charge in [0.1, 0.15) is 11.6 Å². The van der Waals surface area contributed by atoms with E-state index in [9.17, 15) is 14.7 Å². The molecule has 1 aromatic heterocycles. The maximum atomic E-state index is 13.2. The van der Waals surface area contributed by atoms with E-state index in [1.54, 1.807) is 4.90 Å². The summed E-state index contributed by atoms with van der Waals surface area (Å²) in [5, 5.41) is 12.9. The molecule has 4 heterocycles. The molecule has 2 aromatic rings. The Kier molecular flexibility index (Phi) is 6.07. The molecule has 2 amide bonds. The van der Waals surface area contributed by atoms with Gasteiger partial charge in [0, 0.05) is 38.3 Å². The molecule has 3 aliphatic heterocycles. The number of anilines is 1. The van der Waals surface area contributed by atoms with E-state index in [0.29, 0.717) is 26.2 Å². The quantitative estimate of drug-likeness (QED) is 0.641. The summed E-state index contributed by atoms with van der Waals surface area (Å²) < 4.78 is 5.66. The van der Waals surface area contributed by atoms with Crippen molar-refractivity contribution >= 4 is 17.8 Å². The summed E-state index contributed by atoms with van der Waals surface area (Å²) in [6.07, 6.45) is 4.58. The molecular weight excluding hydrogens is 420 g/mol. The van der Waals surface area contributed by atoms with Crippen LogP contribution >= 0.6 is 0 Å². The Balaban J connectivity index is 1.22. The fraction of sp³-hybridized carbons (Fsp3) is 0.480. The minimum absolute atomic E-state index is 0.0947. The number of benzene rings is 1. The first kappa shape index (κ1) is 21.6.